The van der Waals surface area contributed by atoms with Crippen LogP contribution in [-0.2, 0) is 0 Å². The first-order chi connectivity index (χ1) is 8.58. The number of nitro groups is 1. The molecule has 2 rings (SSSR count). The van der Waals surface area contributed by atoms with Crippen LogP contribution in [0.2, 0.25) is 0 Å². The molecule has 1 aromatic heterocycles. The minimum absolute atomic E-state index is 0.0981. The fourth-order valence-corrected chi connectivity index (χ4v) is 1.36. The van der Waals surface area contributed by atoms with Crippen LogP contribution in [0, 0.1) is 10.1 Å². The Bertz CT molecular complexity index is 592. The molecule has 1 heterocycles. The number of amides is 1. The summed E-state index contributed by atoms with van der Waals surface area (Å²) in [4.78, 5) is 21.7. The van der Waals surface area contributed by atoms with Gasteiger partial charge in [-0.1, -0.05) is 0 Å². The van der Waals surface area contributed by atoms with Crippen molar-refractivity contribution in [1.82, 2.24) is 0 Å². The number of nitro benzene ring substituents is 1. The number of benzene rings is 1. The second-order valence-corrected chi connectivity index (χ2v) is 3.46. The molecule has 2 aromatic rings. The van der Waals surface area contributed by atoms with Crippen molar-refractivity contribution in [2.45, 2.75) is 0 Å². The van der Waals surface area contributed by atoms with Crippen molar-refractivity contribution in [3.8, 4) is 0 Å². The van der Waals surface area contributed by atoms with Gasteiger partial charge < -0.3 is 15.5 Å². The van der Waals surface area contributed by atoms with Gasteiger partial charge in [0.15, 0.2) is 5.76 Å². The van der Waals surface area contributed by atoms with Crippen molar-refractivity contribution < 1.29 is 14.1 Å². The summed E-state index contributed by atoms with van der Waals surface area (Å²) in [6.45, 7) is 0. The maximum absolute atomic E-state index is 11.7. The summed E-state index contributed by atoms with van der Waals surface area (Å²) >= 11 is 0. The molecule has 1 aromatic carbocycles. The summed E-state index contributed by atoms with van der Waals surface area (Å²) < 4.78 is 4.90. The lowest BCUT2D eigenvalue weighted by atomic mass is 10.2. The Morgan fingerprint density at radius 3 is 2.78 bits per heavy atom. The van der Waals surface area contributed by atoms with Gasteiger partial charge >= 0.3 is 0 Å². The normalized spacial score (nSPS) is 10.0. The van der Waals surface area contributed by atoms with Gasteiger partial charge in [0.05, 0.1) is 22.6 Å². The largest absolute Gasteiger partial charge is 0.459 e. The number of carbonyl (C=O) groups excluding carboxylic acids is 1. The summed E-state index contributed by atoms with van der Waals surface area (Å²) in [6.07, 6.45) is 1.35. The molecule has 0 unspecified atom stereocenters. The molecule has 0 radical (unpaired) electrons. The van der Waals surface area contributed by atoms with Crippen molar-refractivity contribution in [3.05, 3.63) is 52.5 Å². The Morgan fingerprint density at radius 2 is 2.17 bits per heavy atom. The predicted molar refractivity (Wildman–Crippen MR) is 64.2 cm³/mol. The molecule has 0 aliphatic carbocycles. The van der Waals surface area contributed by atoms with Crippen LogP contribution < -0.4 is 11.1 Å². The number of hydrogen-bond donors (Lipinski definition) is 2. The average Bonchev–Trinajstić information content (AvgIpc) is 2.85. The summed E-state index contributed by atoms with van der Waals surface area (Å²) in [5.41, 5.74) is 5.88. The van der Waals surface area contributed by atoms with E-state index in [0.717, 1.165) is 0 Å². The van der Waals surface area contributed by atoms with E-state index >= 15 is 0 Å². The standard InChI is InChI=1S/C11H9N3O4/c12-8-4-3-7(14(16)17)6-9(8)13-11(15)10-2-1-5-18-10/h1-6H,12H2,(H,13,15). The topological polar surface area (TPSA) is 111 Å². The van der Waals surface area contributed by atoms with Gasteiger partial charge in [0.2, 0.25) is 0 Å². The maximum atomic E-state index is 11.7. The van der Waals surface area contributed by atoms with E-state index in [-0.39, 0.29) is 22.8 Å². The number of nitrogens with one attached hydrogen (secondary N) is 1. The van der Waals surface area contributed by atoms with E-state index in [1.807, 2.05) is 0 Å². The van der Waals surface area contributed by atoms with Gasteiger partial charge in [0.1, 0.15) is 0 Å². The van der Waals surface area contributed by atoms with Crippen LogP contribution in [0.1, 0.15) is 10.6 Å². The number of anilines is 2. The molecule has 0 bridgehead atoms. The van der Waals surface area contributed by atoms with Crippen molar-refractivity contribution in [2.75, 3.05) is 11.1 Å². The highest BCUT2D eigenvalue weighted by atomic mass is 16.6. The highest BCUT2D eigenvalue weighted by Gasteiger charge is 2.14. The molecule has 0 atom stereocenters. The number of non-ortho nitro benzene ring substituents is 1. The SMILES string of the molecule is Nc1ccc([N+](=O)[O-])cc1NC(=O)c1ccco1. The Hall–Kier alpha value is -2.83. The first kappa shape index (κ1) is 11.6. The molecule has 18 heavy (non-hydrogen) atoms. The highest BCUT2D eigenvalue weighted by molar-refractivity contribution is 6.04. The van der Waals surface area contributed by atoms with E-state index < -0.39 is 10.8 Å². The molecule has 0 spiro atoms. The number of nitrogens with two attached hydrogens (primary N) is 1. The van der Waals surface area contributed by atoms with Crippen LogP contribution >= 0.6 is 0 Å². The third-order valence-electron chi connectivity index (χ3n) is 2.24. The van der Waals surface area contributed by atoms with Gasteiger partial charge in [0, 0.05) is 12.1 Å². The fraction of sp³-hybridized carbons (Fsp3) is 0. The number of furan rings is 1. The summed E-state index contributed by atoms with van der Waals surface area (Å²) in [7, 11) is 0. The Kier molecular flexibility index (Phi) is 2.96. The molecule has 0 saturated carbocycles. The zero-order chi connectivity index (χ0) is 13.1. The molecular weight excluding hydrogens is 238 g/mol. The minimum Gasteiger partial charge on any atom is -0.459 e. The second-order valence-electron chi connectivity index (χ2n) is 3.46. The quantitative estimate of drug-likeness (QED) is 0.489. The smallest absolute Gasteiger partial charge is 0.291 e. The Labute approximate surface area is 101 Å². The first-order valence-electron chi connectivity index (χ1n) is 4.96. The minimum atomic E-state index is -0.567. The lowest BCUT2D eigenvalue weighted by Gasteiger charge is -2.06. The average molecular weight is 247 g/mol. The zero-order valence-corrected chi connectivity index (χ0v) is 9.12. The molecular formula is C11H9N3O4. The first-order valence-corrected chi connectivity index (χ1v) is 4.96. The second kappa shape index (κ2) is 4.58. The molecule has 3 N–H and O–H groups in total. The molecule has 7 heteroatoms. The lowest BCUT2D eigenvalue weighted by molar-refractivity contribution is -0.384. The van der Waals surface area contributed by atoms with Crippen LogP contribution in [-0.4, -0.2) is 10.8 Å². The Balaban J connectivity index is 2.26. The van der Waals surface area contributed by atoms with Crippen molar-refractivity contribution in [1.29, 1.82) is 0 Å². The van der Waals surface area contributed by atoms with Crippen LogP contribution in [0.15, 0.2) is 41.0 Å². The molecule has 0 saturated heterocycles. The van der Waals surface area contributed by atoms with E-state index in [9.17, 15) is 14.9 Å². The molecule has 1 amide bonds. The maximum Gasteiger partial charge on any atom is 0.291 e. The van der Waals surface area contributed by atoms with E-state index in [0.29, 0.717) is 0 Å². The zero-order valence-electron chi connectivity index (χ0n) is 9.12. The lowest BCUT2D eigenvalue weighted by Crippen LogP contribution is -2.12. The van der Waals surface area contributed by atoms with Crippen molar-refractivity contribution in [3.63, 3.8) is 0 Å². The van der Waals surface area contributed by atoms with Gasteiger partial charge in [-0.25, -0.2) is 0 Å². The van der Waals surface area contributed by atoms with Gasteiger partial charge in [0.25, 0.3) is 11.6 Å². The van der Waals surface area contributed by atoms with Crippen molar-refractivity contribution in [2.24, 2.45) is 0 Å². The highest BCUT2D eigenvalue weighted by Crippen LogP contribution is 2.24. The molecule has 0 aliphatic rings. The van der Waals surface area contributed by atoms with E-state index in [4.69, 9.17) is 10.2 Å². The number of nitrogen functional groups attached to an aromatic ring is 1. The molecule has 0 aliphatic heterocycles. The van der Waals surface area contributed by atoms with Crippen LogP contribution in [0.5, 0.6) is 0 Å². The fourth-order valence-electron chi connectivity index (χ4n) is 1.36. The Morgan fingerprint density at radius 1 is 1.39 bits per heavy atom. The molecule has 92 valence electrons. The number of nitrogens with zero attached hydrogens (tertiary/aromatic N) is 1. The van der Waals surface area contributed by atoms with Crippen LogP contribution in [0.3, 0.4) is 0 Å². The van der Waals surface area contributed by atoms with Gasteiger partial charge in [-0.3, -0.25) is 14.9 Å². The van der Waals surface area contributed by atoms with Gasteiger partial charge in [-0.15, -0.1) is 0 Å². The third kappa shape index (κ3) is 2.29. The number of rotatable bonds is 3. The summed E-state index contributed by atoms with van der Waals surface area (Å²) in [5, 5.41) is 13.1. The molecule has 7 nitrogen and oxygen atoms in total. The van der Waals surface area contributed by atoms with E-state index in [1.54, 1.807) is 6.07 Å². The number of hydrogen-bond acceptors (Lipinski definition) is 5. The predicted octanol–water partition coefficient (Wildman–Crippen LogP) is 2.02. The van der Waals surface area contributed by atoms with E-state index in [1.165, 1.54) is 30.5 Å². The number of carbonyl (C=O) groups is 1. The molecule has 0 fully saturated rings. The van der Waals surface area contributed by atoms with Gasteiger partial charge in [-0.05, 0) is 18.2 Å². The summed E-state index contributed by atoms with van der Waals surface area (Å²) in [5.74, 6) is -0.423. The van der Waals surface area contributed by atoms with E-state index in [2.05, 4.69) is 5.32 Å². The van der Waals surface area contributed by atoms with Crippen LogP contribution in [0.4, 0.5) is 17.1 Å². The monoisotopic (exact) mass is 247 g/mol. The summed E-state index contributed by atoms with van der Waals surface area (Å²) in [6, 6.07) is 6.85. The third-order valence-corrected chi connectivity index (χ3v) is 2.24. The van der Waals surface area contributed by atoms with Gasteiger partial charge in [-0.2, -0.15) is 0 Å². The van der Waals surface area contributed by atoms with Crippen molar-refractivity contribution >= 4 is 23.0 Å². The van der Waals surface area contributed by atoms with Crippen LogP contribution in [0.25, 0.3) is 0 Å².